The van der Waals surface area contributed by atoms with Crippen LogP contribution in [0.4, 0.5) is 5.13 Å². The van der Waals surface area contributed by atoms with Gasteiger partial charge in [-0.2, -0.15) is 0 Å². The molecule has 158 valence electrons. The molecule has 9 nitrogen and oxygen atoms in total. The summed E-state index contributed by atoms with van der Waals surface area (Å²) >= 11 is 1.23. The number of aromatic nitrogens is 1. The number of benzene rings is 1. The summed E-state index contributed by atoms with van der Waals surface area (Å²) in [6.45, 7) is 1.28. The van der Waals surface area contributed by atoms with Gasteiger partial charge in [0.1, 0.15) is 30.2 Å². The zero-order valence-corrected chi connectivity index (χ0v) is 16.8. The maximum Gasteiger partial charge on any atom is 0.257 e. The SMILES string of the molecule is COc1ccc(C(=O)Nc2nc(C)c(C[C@@H]3O[C@H](CO)[C@H](O)[C@H](O)[C@H]3O)s2)cc1. The van der Waals surface area contributed by atoms with Crippen LogP contribution in [0, 0.1) is 6.92 Å². The van der Waals surface area contributed by atoms with Gasteiger partial charge in [0, 0.05) is 16.9 Å². The Kier molecular flexibility index (Phi) is 6.83. The van der Waals surface area contributed by atoms with Crippen molar-refractivity contribution in [2.75, 3.05) is 19.0 Å². The number of aliphatic hydroxyl groups is 4. The fourth-order valence-electron chi connectivity index (χ4n) is 3.11. The maximum absolute atomic E-state index is 12.4. The van der Waals surface area contributed by atoms with Gasteiger partial charge in [0.25, 0.3) is 5.91 Å². The number of aliphatic hydroxyl groups excluding tert-OH is 4. The van der Waals surface area contributed by atoms with Gasteiger partial charge in [-0.25, -0.2) is 4.98 Å². The van der Waals surface area contributed by atoms with Gasteiger partial charge in [-0.05, 0) is 31.2 Å². The number of amides is 1. The van der Waals surface area contributed by atoms with Crippen LogP contribution in [0.3, 0.4) is 0 Å². The summed E-state index contributed by atoms with van der Waals surface area (Å²) in [6.07, 6.45) is -5.70. The number of rotatable bonds is 6. The molecule has 0 aliphatic carbocycles. The summed E-state index contributed by atoms with van der Waals surface area (Å²) in [4.78, 5) is 17.5. The molecule has 1 aromatic carbocycles. The number of aryl methyl sites for hydroxylation is 1. The zero-order chi connectivity index (χ0) is 21.1. The molecule has 5 atom stereocenters. The first kappa shape index (κ1) is 21.6. The third-order valence-electron chi connectivity index (χ3n) is 4.84. The minimum atomic E-state index is -1.42. The van der Waals surface area contributed by atoms with Gasteiger partial charge < -0.3 is 29.9 Å². The molecular formula is C19H24N2O7S. The predicted molar refractivity (Wildman–Crippen MR) is 105 cm³/mol. The fraction of sp³-hybridized carbons (Fsp3) is 0.474. The van der Waals surface area contributed by atoms with E-state index >= 15 is 0 Å². The topological polar surface area (TPSA) is 141 Å². The number of thiazole rings is 1. The number of hydrogen-bond acceptors (Lipinski definition) is 9. The van der Waals surface area contributed by atoms with Crippen LogP contribution in [0.2, 0.25) is 0 Å². The first-order valence-corrected chi connectivity index (χ1v) is 9.88. The zero-order valence-electron chi connectivity index (χ0n) is 16.0. The highest BCUT2D eigenvalue weighted by molar-refractivity contribution is 7.15. The summed E-state index contributed by atoms with van der Waals surface area (Å²) in [5.74, 6) is 0.328. The standard InChI is InChI=1S/C19H24N2O7S/c1-9-14(7-12-15(23)17(25)16(24)13(8-22)28-12)29-19(20-9)21-18(26)10-3-5-11(27-2)6-4-10/h3-6,12-13,15-17,22-25H,7-8H2,1-2H3,(H,20,21,26)/t12-,13+,15-,16-,17+/m0/s1. The van der Waals surface area contributed by atoms with E-state index < -0.39 is 37.1 Å². The number of nitrogens with one attached hydrogen (secondary N) is 1. The van der Waals surface area contributed by atoms with Crippen LogP contribution in [0.15, 0.2) is 24.3 Å². The van der Waals surface area contributed by atoms with E-state index in [4.69, 9.17) is 9.47 Å². The second-order valence-electron chi connectivity index (χ2n) is 6.78. The van der Waals surface area contributed by atoms with Crippen molar-refractivity contribution < 1.29 is 34.7 Å². The molecule has 10 heteroatoms. The number of carbonyl (C=O) groups excluding carboxylic acids is 1. The quantitative estimate of drug-likeness (QED) is 0.440. The first-order chi connectivity index (χ1) is 13.8. The van der Waals surface area contributed by atoms with Gasteiger partial charge in [0.2, 0.25) is 0 Å². The van der Waals surface area contributed by atoms with Crippen LogP contribution >= 0.6 is 11.3 Å². The average molecular weight is 424 g/mol. The van der Waals surface area contributed by atoms with Gasteiger partial charge in [-0.15, -0.1) is 11.3 Å². The van der Waals surface area contributed by atoms with E-state index in [-0.39, 0.29) is 12.3 Å². The number of methoxy groups -OCH3 is 1. The lowest BCUT2D eigenvalue weighted by atomic mass is 9.93. The molecule has 2 aromatic rings. The third kappa shape index (κ3) is 4.74. The first-order valence-electron chi connectivity index (χ1n) is 9.06. The summed E-state index contributed by atoms with van der Waals surface area (Å²) in [5.41, 5.74) is 1.10. The Labute approximate surface area is 171 Å². The van der Waals surface area contributed by atoms with Crippen LogP contribution in [0.25, 0.3) is 0 Å². The molecule has 0 radical (unpaired) electrons. The Morgan fingerprint density at radius 3 is 2.45 bits per heavy atom. The Morgan fingerprint density at radius 2 is 1.83 bits per heavy atom. The summed E-state index contributed by atoms with van der Waals surface area (Å²) in [6, 6.07) is 6.66. The van der Waals surface area contributed by atoms with Crippen LogP contribution < -0.4 is 10.1 Å². The molecule has 5 N–H and O–H groups in total. The molecule has 2 heterocycles. The molecular weight excluding hydrogens is 400 g/mol. The highest BCUT2D eigenvalue weighted by Crippen LogP contribution is 2.29. The third-order valence-corrected chi connectivity index (χ3v) is 5.94. The van der Waals surface area contributed by atoms with Crippen LogP contribution in [0.1, 0.15) is 20.9 Å². The lowest BCUT2D eigenvalue weighted by molar-refractivity contribution is -0.228. The molecule has 0 bridgehead atoms. The van der Waals surface area contributed by atoms with E-state index in [1.807, 2.05) is 0 Å². The van der Waals surface area contributed by atoms with Crippen molar-refractivity contribution in [2.45, 2.75) is 43.9 Å². The summed E-state index contributed by atoms with van der Waals surface area (Å²) < 4.78 is 10.6. The Balaban J connectivity index is 1.68. The second kappa shape index (κ2) is 9.16. The monoisotopic (exact) mass is 424 g/mol. The maximum atomic E-state index is 12.4. The van der Waals surface area contributed by atoms with Gasteiger partial charge in [-0.1, -0.05) is 0 Å². The molecule has 1 aliphatic heterocycles. The van der Waals surface area contributed by atoms with Gasteiger partial charge >= 0.3 is 0 Å². The normalized spacial score (nSPS) is 26.9. The van der Waals surface area contributed by atoms with Crippen LogP contribution in [-0.4, -0.2) is 75.6 Å². The lowest BCUT2D eigenvalue weighted by Gasteiger charge is -2.40. The number of carbonyl (C=O) groups is 1. The molecule has 1 fully saturated rings. The van der Waals surface area contributed by atoms with Crippen molar-refractivity contribution in [3.05, 3.63) is 40.4 Å². The van der Waals surface area contributed by atoms with Crippen LogP contribution in [-0.2, 0) is 11.2 Å². The Morgan fingerprint density at radius 1 is 1.17 bits per heavy atom. The Hall–Kier alpha value is -2.08. The molecule has 3 rings (SSSR count). The highest BCUT2D eigenvalue weighted by atomic mass is 32.1. The molecule has 29 heavy (non-hydrogen) atoms. The van der Waals surface area contributed by atoms with E-state index in [0.717, 1.165) is 4.88 Å². The number of anilines is 1. The van der Waals surface area contributed by atoms with E-state index in [2.05, 4.69) is 10.3 Å². The van der Waals surface area contributed by atoms with Crippen LogP contribution in [0.5, 0.6) is 5.75 Å². The molecule has 1 amide bonds. The smallest absolute Gasteiger partial charge is 0.257 e. The van der Waals surface area contributed by atoms with Crippen molar-refractivity contribution in [3.8, 4) is 5.75 Å². The highest BCUT2D eigenvalue weighted by Gasteiger charge is 2.43. The molecule has 1 aromatic heterocycles. The van der Waals surface area contributed by atoms with Crippen molar-refractivity contribution in [2.24, 2.45) is 0 Å². The van der Waals surface area contributed by atoms with Crippen molar-refractivity contribution in [3.63, 3.8) is 0 Å². The van der Waals surface area contributed by atoms with Gasteiger partial charge in [0.15, 0.2) is 5.13 Å². The molecule has 1 saturated heterocycles. The molecule has 1 aliphatic rings. The summed E-state index contributed by atoms with van der Waals surface area (Å²) in [5, 5.41) is 42.5. The lowest BCUT2D eigenvalue weighted by Crippen LogP contribution is -2.58. The van der Waals surface area contributed by atoms with Crippen molar-refractivity contribution >= 4 is 22.4 Å². The second-order valence-corrected chi connectivity index (χ2v) is 7.87. The Bertz CT molecular complexity index is 840. The van der Waals surface area contributed by atoms with Gasteiger partial charge in [0.05, 0.1) is 25.5 Å². The predicted octanol–water partition coefficient (Wildman–Crippen LogP) is 0.0973. The van der Waals surface area contributed by atoms with Gasteiger partial charge in [-0.3, -0.25) is 10.1 Å². The van der Waals surface area contributed by atoms with E-state index in [1.165, 1.54) is 11.3 Å². The molecule has 0 unspecified atom stereocenters. The minimum absolute atomic E-state index is 0.212. The largest absolute Gasteiger partial charge is 0.497 e. The van der Waals surface area contributed by atoms with E-state index in [0.29, 0.717) is 22.1 Å². The average Bonchev–Trinajstić information content (AvgIpc) is 3.07. The van der Waals surface area contributed by atoms with E-state index in [9.17, 15) is 25.2 Å². The number of ether oxygens (including phenoxy) is 2. The van der Waals surface area contributed by atoms with Crippen molar-refractivity contribution in [1.82, 2.24) is 4.98 Å². The molecule has 0 saturated carbocycles. The van der Waals surface area contributed by atoms with Crippen molar-refractivity contribution in [1.29, 1.82) is 0 Å². The fourth-order valence-corrected chi connectivity index (χ4v) is 4.11. The molecule has 0 spiro atoms. The number of hydrogen-bond donors (Lipinski definition) is 5. The number of nitrogens with zero attached hydrogens (tertiary/aromatic N) is 1. The minimum Gasteiger partial charge on any atom is -0.497 e. The summed E-state index contributed by atoms with van der Waals surface area (Å²) in [7, 11) is 1.55. The van der Waals surface area contributed by atoms with E-state index in [1.54, 1.807) is 38.3 Å².